The molecule has 0 unspecified atom stereocenters. The maximum Gasteiger partial charge on any atom is 0.150 e. The van der Waals surface area contributed by atoms with Crippen LogP contribution in [0.3, 0.4) is 0 Å². The Morgan fingerprint density at radius 2 is 1.50 bits per heavy atom. The topological polar surface area (TPSA) is 35.6 Å². The van der Waals surface area contributed by atoms with Gasteiger partial charge in [0.2, 0.25) is 0 Å². The van der Waals surface area contributed by atoms with Crippen molar-refractivity contribution in [1.82, 2.24) is 15.1 Å². The quantitative estimate of drug-likeness (QED) is 0.560. The van der Waals surface area contributed by atoms with Gasteiger partial charge in [0, 0.05) is 36.8 Å². The molecule has 0 spiro atoms. The first-order valence-corrected chi connectivity index (χ1v) is 10.4. The number of piperazine rings is 1. The highest BCUT2D eigenvalue weighted by molar-refractivity contribution is 6.30. The highest BCUT2D eigenvalue weighted by atomic mass is 35.5. The lowest BCUT2D eigenvalue weighted by Gasteiger charge is -2.32. The Balaban J connectivity index is 0.000000203. The number of hydrogen-bond acceptors (Lipinski definition) is 4. The van der Waals surface area contributed by atoms with Crippen LogP contribution in [0.4, 0.5) is 0 Å². The fourth-order valence-corrected chi connectivity index (χ4v) is 3.23. The second-order valence-electron chi connectivity index (χ2n) is 7.20. The third-order valence-electron chi connectivity index (χ3n) is 4.97. The van der Waals surface area contributed by atoms with E-state index < -0.39 is 0 Å². The van der Waals surface area contributed by atoms with Gasteiger partial charge in [0.1, 0.15) is 6.29 Å². The molecule has 2 aromatic rings. The predicted molar refractivity (Wildman–Crippen MR) is 119 cm³/mol. The summed E-state index contributed by atoms with van der Waals surface area (Å²) in [5.41, 5.74) is 2.86. The van der Waals surface area contributed by atoms with E-state index >= 15 is 0 Å². The van der Waals surface area contributed by atoms with Crippen molar-refractivity contribution in [3.63, 3.8) is 0 Å². The summed E-state index contributed by atoms with van der Waals surface area (Å²) in [5, 5.41) is 3.91. The molecule has 4 nitrogen and oxygen atoms in total. The Kier molecular flexibility index (Phi) is 10.2. The van der Waals surface area contributed by atoms with Gasteiger partial charge in [-0.3, -0.25) is 4.79 Å². The monoisotopic (exact) mass is 401 g/mol. The molecule has 0 bridgehead atoms. The molecule has 152 valence electrons. The molecule has 1 saturated heterocycles. The van der Waals surface area contributed by atoms with Gasteiger partial charge in [-0.25, -0.2) is 0 Å². The van der Waals surface area contributed by atoms with Gasteiger partial charge in [-0.1, -0.05) is 48.0 Å². The van der Waals surface area contributed by atoms with Crippen molar-refractivity contribution < 1.29 is 4.79 Å². The van der Waals surface area contributed by atoms with E-state index in [0.717, 1.165) is 29.0 Å². The first kappa shape index (κ1) is 22.6. The fourth-order valence-electron chi connectivity index (χ4n) is 3.11. The van der Waals surface area contributed by atoms with E-state index in [2.05, 4.69) is 22.2 Å². The summed E-state index contributed by atoms with van der Waals surface area (Å²) >= 11 is 5.80. The molecule has 5 heteroatoms. The summed E-state index contributed by atoms with van der Waals surface area (Å²) in [5.74, 6) is 0. The molecule has 0 radical (unpaired) electrons. The van der Waals surface area contributed by atoms with E-state index in [1.54, 1.807) is 12.1 Å². The molecule has 28 heavy (non-hydrogen) atoms. The molecule has 0 saturated carbocycles. The minimum Gasteiger partial charge on any atom is -0.320 e. The van der Waals surface area contributed by atoms with Crippen molar-refractivity contribution in [2.75, 3.05) is 53.4 Å². The van der Waals surface area contributed by atoms with Crippen molar-refractivity contribution in [3.8, 4) is 11.1 Å². The number of halogens is 1. The maximum absolute atomic E-state index is 10.5. The van der Waals surface area contributed by atoms with Crippen molar-refractivity contribution in [3.05, 3.63) is 59.1 Å². The lowest BCUT2D eigenvalue weighted by molar-refractivity contribution is 0.112. The lowest BCUT2D eigenvalue weighted by Crippen LogP contribution is -2.44. The van der Waals surface area contributed by atoms with Gasteiger partial charge < -0.3 is 15.1 Å². The summed E-state index contributed by atoms with van der Waals surface area (Å²) in [7, 11) is 4.23. The number of rotatable bonds is 7. The number of carbonyl (C=O) groups excluding carboxylic acids is 1. The Hall–Kier alpha value is -1.72. The zero-order valence-corrected chi connectivity index (χ0v) is 17.8. The van der Waals surface area contributed by atoms with Crippen LogP contribution in [0.2, 0.25) is 5.02 Å². The second-order valence-corrected chi connectivity index (χ2v) is 7.64. The second kappa shape index (κ2) is 12.7. The van der Waals surface area contributed by atoms with Crippen molar-refractivity contribution in [2.24, 2.45) is 0 Å². The molecule has 0 atom stereocenters. The van der Waals surface area contributed by atoms with Gasteiger partial charge in [0.15, 0.2) is 0 Å². The smallest absolute Gasteiger partial charge is 0.150 e. The van der Waals surface area contributed by atoms with Crippen LogP contribution in [0.1, 0.15) is 23.2 Å². The fraction of sp³-hybridized carbons (Fsp3) is 0.435. The molecular weight excluding hydrogens is 370 g/mol. The predicted octanol–water partition coefficient (Wildman–Crippen LogP) is 4.05. The molecule has 0 aliphatic carbocycles. The number of hydrogen-bond donors (Lipinski definition) is 1. The van der Waals surface area contributed by atoms with Gasteiger partial charge in [0.05, 0.1) is 0 Å². The van der Waals surface area contributed by atoms with Crippen LogP contribution in [0.15, 0.2) is 48.5 Å². The van der Waals surface area contributed by atoms with E-state index in [4.69, 9.17) is 11.6 Å². The molecule has 3 rings (SSSR count). The third-order valence-corrected chi connectivity index (χ3v) is 5.22. The van der Waals surface area contributed by atoms with Crippen LogP contribution in [0.25, 0.3) is 11.1 Å². The summed E-state index contributed by atoms with van der Waals surface area (Å²) in [6.07, 6.45) is 3.49. The lowest BCUT2D eigenvalue weighted by atomic mass is 10.0. The van der Waals surface area contributed by atoms with E-state index in [1.807, 2.05) is 43.4 Å². The maximum atomic E-state index is 10.5. The Morgan fingerprint density at radius 3 is 2.04 bits per heavy atom. The van der Waals surface area contributed by atoms with Gasteiger partial charge in [-0.15, -0.1) is 0 Å². The number of likely N-dealkylation sites (N-methyl/N-ethyl adjacent to an activating group) is 1. The normalized spacial score (nSPS) is 15.0. The third kappa shape index (κ3) is 8.11. The van der Waals surface area contributed by atoms with Crippen LogP contribution < -0.4 is 5.32 Å². The summed E-state index contributed by atoms with van der Waals surface area (Å²) in [6, 6.07) is 15.1. The zero-order valence-electron chi connectivity index (χ0n) is 17.0. The summed E-state index contributed by atoms with van der Waals surface area (Å²) in [4.78, 5) is 15.5. The number of nitrogens with one attached hydrogen (secondary N) is 1. The molecule has 1 fully saturated rings. The van der Waals surface area contributed by atoms with Crippen molar-refractivity contribution in [1.29, 1.82) is 0 Å². The average molecular weight is 402 g/mol. The minimum absolute atomic E-state index is 0.688. The Morgan fingerprint density at radius 1 is 0.929 bits per heavy atom. The highest BCUT2D eigenvalue weighted by Gasteiger charge is 2.12. The van der Waals surface area contributed by atoms with Gasteiger partial charge in [-0.2, -0.15) is 0 Å². The Bertz CT molecular complexity index is 680. The van der Waals surface area contributed by atoms with Crippen molar-refractivity contribution in [2.45, 2.75) is 12.8 Å². The molecule has 1 heterocycles. The average Bonchev–Trinajstić information content (AvgIpc) is 2.74. The first-order valence-electron chi connectivity index (χ1n) is 9.99. The molecular formula is C23H32ClN3O. The van der Waals surface area contributed by atoms with E-state index in [-0.39, 0.29) is 0 Å². The van der Waals surface area contributed by atoms with Crippen LogP contribution in [-0.4, -0.2) is 69.4 Å². The number of nitrogens with zero attached hydrogens (tertiary/aromatic N) is 2. The van der Waals surface area contributed by atoms with Gasteiger partial charge >= 0.3 is 0 Å². The Labute approximate surface area is 174 Å². The largest absolute Gasteiger partial charge is 0.320 e. The standard InChI is InChI=1S/C13H9ClO.C10H23N3/c14-13-7-5-12(6-8-13)11-3-1-10(9-15)2-4-11;1-11-5-3-4-6-13-9-7-12(2)8-10-13/h1-9H;11H,3-10H2,1-2H3. The summed E-state index contributed by atoms with van der Waals surface area (Å²) < 4.78 is 0. The number of benzene rings is 2. The molecule has 0 amide bonds. The summed E-state index contributed by atoms with van der Waals surface area (Å²) in [6.45, 7) is 7.45. The molecule has 0 aromatic heterocycles. The van der Waals surface area contributed by atoms with Crippen LogP contribution >= 0.6 is 11.6 Å². The van der Waals surface area contributed by atoms with Crippen LogP contribution in [0, 0.1) is 0 Å². The van der Waals surface area contributed by atoms with Gasteiger partial charge in [-0.05, 0) is 63.3 Å². The number of aldehydes is 1. The van der Waals surface area contributed by atoms with Crippen LogP contribution in [-0.2, 0) is 0 Å². The first-order chi connectivity index (χ1) is 13.6. The van der Waals surface area contributed by atoms with Crippen molar-refractivity contribution >= 4 is 17.9 Å². The molecule has 1 N–H and O–H groups in total. The zero-order chi connectivity index (χ0) is 20.2. The van der Waals surface area contributed by atoms with E-state index in [1.165, 1.54) is 45.6 Å². The molecule has 2 aromatic carbocycles. The molecule has 1 aliphatic rings. The van der Waals surface area contributed by atoms with E-state index in [0.29, 0.717) is 5.56 Å². The SMILES string of the molecule is CNCCCCN1CCN(C)CC1.O=Cc1ccc(-c2ccc(Cl)cc2)cc1. The van der Waals surface area contributed by atoms with Gasteiger partial charge in [0.25, 0.3) is 0 Å². The number of carbonyl (C=O) groups is 1. The van der Waals surface area contributed by atoms with Crippen LogP contribution in [0.5, 0.6) is 0 Å². The number of unbranched alkanes of at least 4 members (excludes halogenated alkanes) is 1. The minimum atomic E-state index is 0.688. The highest BCUT2D eigenvalue weighted by Crippen LogP contribution is 2.21. The molecule has 1 aliphatic heterocycles. The van der Waals surface area contributed by atoms with E-state index in [9.17, 15) is 4.79 Å².